The van der Waals surface area contributed by atoms with Gasteiger partial charge in [0.1, 0.15) is 11.7 Å². The molecule has 3 fully saturated rings. The first-order valence-corrected chi connectivity index (χ1v) is 11.9. The fourth-order valence-corrected chi connectivity index (χ4v) is 5.49. The molecule has 3 atom stereocenters. The van der Waals surface area contributed by atoms with Crippen LogP contribution < -0.4 is 5.32 Å². The van der Waals surface area contributed by atoms with Crippen LogP contribution in [-0.4, -0.2) is 74.5 Å². The van der Waals surface area contributed by atoms with Crippen molar-refractivity contribution in [3.05, 3.63) is 35.5 Å². The third kappa shape index (κ3) is 3.84. The monoisotopic (exact) mass is 479 g/mol. The van der Waals surface area contributed by atoms with Gasteiger partial charge in [-0.25, -0.2) is 4.68 Å². The molecule has 1 aromatic carbocycles. The predicted octanol–water partition coefficient (Wildman–Crippen LogP) is 1.07. The van der Waals surface area contributed by atoms with Gasteiger partial charge in [-0.1, -0.05) is 11.3 Å². The summed E-state index contributed by atoms with van der Waals surface area (Å²) in [5.41, 5.74) is 1.49. The number of hydrogen-bond donors (Lipinski definition) is 1. The average Bonchev–Trinajstić information content (AvgIpc) is 3.55. The Morgan fingerprint density at radius 3 is 2.74 bits per heavy atom. The van der Waals surface area contributed by atoms with E-state index in [1.807, 2.05) is 0 Å². The maximum absolute atomic E-state index is 13.1. The number of ether oxygens (including phenoxy) is 2. The first-order chi connectivity index (χ1) is 16.9. The second-order valence-corrected chi connectivity index (χ2v) is 9.65. The van der Waals surface area contributed by atoms with E-state index in [0.717, 1.165) is 37.2 Å². The zero-order valence-electron chi connectivity index (χ0n) is 19.1. The smallest absolute Gasteiger partial charge is 0.262 e. The Morgan fingerprint density at radius 2 is 1.94 bits per heavy atom. The van der Waals surface area contributed by atoms with E-state index in [9.17, 15) is 19.2 Å². The maximum atomic E-state index is 13.1. The van der Waals surface area contributed by atoms with E-state index < -0.39 is 29.7 Å². The molecule has 2 aromatic rings. The van der Waals surface area contributed by atoms with E-state index in [1.165, 1.54) is 0 Å². The Hall–Kier alpha value is -3.44. The lowest BCUT2D eigenvalue weighted by Gasteiger charge is -2.37. The van der Waals surface area contributed by atoms with Crippen LogP contribution in [0.1, 0.15) is 59.2 Å². The van der Waals surface area contributed by atoms with Crippen LogP contribution in [0.15, 0.2) is 24.4 Å². The summed E-state index contributed by atoms with van der Waals surface area (Å²) >= 11 is 0. The Bertz CT molecular complexity index is 1230. The highest BCUT2D eigenvalue weighted by atomic mass is 16.6. The highest BCUT2D eigenvalue weighted by Gasteiger charge is 2.45. The molecule has 0 aliphatic carbocycles. The third-order valence-electron chi connectivity index (χ3n) is 7.31. The van der Waals surface area contributed by atoms with Gasteiger partial charge in [0.25, 0.3) is 11.8 Å². The number of fused-ring (bicyclic) bond motifs is 1. The number of benzene rings is 1. The number of carbonyl (C=O) groups is 4. The lowest BCUT2D eigenvalue weighted by atomic mass is 9.91. The van der Waals surface area contributed by atoms with E-state index in [0.29, 0.717) is 24.4 Å². The summed E-state index contributed by atoms with van der Waals surface area (Å²) < 4.78 is 13.7. The quantitative estimate of drug-likeness (QED) is 0.644. The highest BCUT2D eigenvalue weighted by Crippen LogP contribution is 2.36. The maximum Gasteiger partial charge on any atom is 0.262 e. The first-order valence-electron chi connectivity index (χ1n) is 11.9. The number of rotatable bonds is 4. The van der Waals surface area contributed by atoms with Crippen LogP contribution in [0.2, 0.25) is 0 Å². The van der Waals surface area contributed by atoms with Crippen molar-refractivity contribution in [3.8, 4) is 11.3 Å². The normalized spacial score (nSPS) is 28.6. The largest absolute Gasteiger partial charge is 0.378 e. The summed E-state index contributed by atoms with van der Waals surface area (Å²) in [6, 6.07) is 3.91. The molecule has 5 heterocycles. The van der Waals surface area contributed by atoms with Crippen molar-refractivity contribution in [1.82, 2.24) is 25.2 Å². The molecule has 1 spiro atoms. The van der Waals surface area contributed by atoms with Gasteiger partial charge < -0.3 is 9.47 Å². The zero-order chi connectivity index (χ0) is 24.2. The number of carbonyl (C=O) groups excluding carboxylic acids is 4. The van der Waals surface area contributed by atoms with Gasteiger partial charge in [-0.2, -0.15) is 0 Å². The lowest BCUT2D eigenvalue weighted by Crippen LogP contribution is -2.54. The van der Waals surface area contributed by atoms with Crippen LogP contribution in [-0.2, 0) is 25.6 Å². The standard InChI is InChI=1S/C24H25N5O6/c30-20-6-5-19(21(31)25-20)29-22(32)16-4-3-14(10-17(16)23(29)33)18-12-28(27-26-18)11-15-2-1-7-24(35-15)8-9-34-13-24/h3-4,10,12,15,19H,1-2,5-9,11,13H2,(H,25,30,31). The van der Waals surface area contributed by atoms with Crippen molar-refractivity contribution in [3.63, 3.8) is 0 Å². The third-order valence-corrected chi connectivity index (χ3v) is 7.31. The second-order valence-electron chi connectivity index (χ2n) is 9.65. The van der Waals surface area contributed by atoms with Crippen molar-refractivity contribution < 1.29 is 28.7 Å². The van der Waals surface area contributed by atoms with Gasteiger partial charge in [0.05, 0.1) is 42.2 Å². The van der Waals surface area contributed by atoms with E-state index in [1.54, 1.807) is 29.1 Å². The van der Waals surface area contributed by atoms with Crippen molar-refractivity contribution >= 4 is 23.6 Å². The van der Waals surface area contributed by atoms with Crippen LogP contribution in [0.4, 0.5) is 0 Å². The molecule has 3 saturated heterocycles. The van der Waals surface area contributed by atoms with Gasteiger partial charge in [-0.05, 0) is 37.8 Å². The Morgan fingerprint density at radius 1 is 1.09 bits per heavy atom. The van der Waals surface area contributed by atoms with Crippen LogP contribution in [0.25, 0.3) is 11.3 Å². The zero-order valence-corrected chi connectivity index (χ0v) is 19.1. The van der Waals surface area contributed by atoms with E-state index in [2.05, 4.69) is 15.6 Å². The second kappa shape index (κ2) is 8.35. The van der Waals surface area contributed by atoms with Gasteiger partial charge in [0, 0.05) is 25.0 Å². The molecular weight excluding hydrogens is 454 g/mol. The predicted molar refractivity (Wildman–Crippen MR) is 119 cm³/mol. The highest BCUT2D eigenvalue weighted by molar-refractivity contribution is 6.23. The molecule has 4 amide bonds. The van der Waals surface area contributed by atoms with Gasteiger partial charge in [0.2, 0.25) is 11.8 Å². The number of piperidine rings is 1. The molecule has 0 radical (unpaired) electrons. The summed E-state index contributed by atoms with van der Waals surface area (Å²) in [5, 5.41) is 10.7. The lowest BCUT2D eigenvalue weighted by molar-refractivity contribution is -0.136. The molecule has 35 heavy (non-hydrogen) atoms. The van der Waals surface area contributed by atoms with Gasteiger partial charge in [0.15, 0.2) is 0 Å². The molecule has 4 aliphatic heterocycles. The number of nitrogens with zero attached hydrogens (tertiary/aromatic N) is 4. The average molecular weight is 479 g/mol. The van der Waals surface area contributed by atoms with E-state index in [-0.39, 0.29) is 35.7 Å². The van der Waals surface area contributed by atoms with Crippen LogP contribution >= 0.6 is 0 Å². The number of aromatic nitrogens is 3. The van der Waals surface area contributed by atoms with Gasteiger partial charge in [-0.3, -0.25) is 29.4 Å². The van der Waals surface area contributed by atoms with E-state index in [4.69, 9.17) is 9.47 Å². The SMILES string of the molecule is O=C1CCC(N2C(=O)c3ccc(-c4cn(CC5CCCC6(CCOC6)O5)nn4)cc3C2=O)C(=O)N1. The first kappa shape index (κ1) is 22.1. The summed E-state index contributed by atoms with van der Waals surface area (Å²) in [5.74, 6) is -2.11. The Labute approximate surface area is 200 Å². The number of amides is 4. The topological polar surface area (TPSA) is 133 Å². The van der Waals surface area contributed by atoms with Crippen LogP contribution in [0.5, 0.6) is 0 Å². The minimum Gasteiger partial charge on any atom is -0.378 e. The van der Waals surface area contributed by atoms with Crippen molar-refractivity contribution in [2.45, 2.75) is 62.8 Å². The molecular formula is C24H25N5O6. The van der Waals surface area contributed by atoms with Crippen LogP contribution in [0.3, 0.4) is 0 Å². The van der Waals surface area contributed by atoms with Crippen LogP contribution in [0, 0.1) is 0 Å². The number of nitrogens with one attached hydrogen (secondary N) is 1. The minimum atomic E-state index is -0.992. The van der Waals surface area contributed by atoms with Gasteiger partial charge in [-0.15, -0.1) is 5.10 Å². The van der Waals surface area contributed by atoms with Gasteiger partial charge >= 0.3 is 0 Å². The van der Waals surface area contributed by atoms with E-state index >= 15 is 0 Å². The van der Waals surface area contributed by atoms with Crippen molar-refractivity contribution in [2.75, 3.05) is 13.2 Å². The summed E-state index contributed by atoms with van der Waals surface area (Å²) in [6.07, 6.45) is 6.00. The number of hydrogen-bond acceptors (Lipinski definition) is 8. The molecule has 0 bridgehead atoms. The molecule has 11 heteroatoms. The fourth-order valence-electron chi connectivity index (χ4n) is 5.49. The Kier molecular flexibility index (Phi) is 5.26. The molecule has 4 aliphatic rings. The summed E-state index contributed by atoms with van der Waals surface area (Å²) in [7, 11) is 0. The minimum absolute atomic E-state index is 0.0290. The Balaban J connectivity index is 1.19. The molecule has 1 aromatic heterocycles. The van der Waals surface area contributed by atoms with Crippen molar-refractivity contribution in [2.24, 2.45) is 0 Å². The summed E-state index contributed by atoms with van der Waals surface area (Å²) in [6.45, 7) is 1.95. The number of imide groups is 2. The summed E-state index contributed by atoms with van der Waals surface area (Å²) in [4.78, 5) is 50.6. The van der Waals surface area contributed by atoms with Crippen molar-refractivity contribution in [1.29, 1.82) is 0 Å². The molecule has 1 N–H and O–H groups in total. The molecule has 182 valence electrons. The molecule has 6 rings (SSSR count). The molecule has 0 saturated carbocycles. The molecule has 3 unspecified atom stereocenters. The molecule has 11 nitrogen and oxygen atoms in total. The fraction of sp³-hybridized carbons (Fsp3) is 0.500.